The number of hydrogen-bond donors (Lipinski definition) is 1. The molecule has 0 aromatic heterocycles. The average Bonchev–Trinajstić information content (AvgIpc) is 2.50. The maximum atomic E-state index is 3.92. The highest BCUT2D eigenvalue weighted by Gasteiger charge is 2.08. The largest absolute Gasteiger partial charge is 0.384 e. The van der Waals surface area contributed by atoms with Crippen molar-refractivity contribution in [3.05, 3.63) is 42.1 Å². The standard InChI is InChI=1S/C11H17N.C9H19N.C2H6/c1-4-12(5-2)11-8-6-7-10(3)9-11;1-6-7-8(2)10-9(3,4)5;1-2/h6-9H,4-5H2,1-3H3;10H,2,6-7H2,1,3-5H3;1-2H3. The van der Waals surface area contributed by atoms with E-state index in [0.717, 1.165) is 25.2 Å². The lowest BCUT2D eigenvalue weighted by Crippen LogP contribution is -2.34. The van der Waals surface area contributed by atoms with Crippen molar-refractivity contribution >= 4 is 5.69 Å². The van der Waals surface area contributed by atoms with E-state index in [1.54, 1.807) is 0 Å². The fraction of sp³-hybridized carbons (Fsp3) is 0.636. The Morgan fingerprint density at radius 2 is 1.62 bits per heavy atom. The molecule has 2 nitrogen and oxygen atoms in total. The number of rotatable bonds is 6. The number of nitrogens with one attached hydrogen (secondary N) is 1. The SMILES string of the molecule is C=C(CCC)NC(C)(C)C.CC.CCN(CC)c1cccc(C)c1. The summed E-state index contributed by atoms with van der Waals surface area (Å²) in [6.45, 7) is 25.2. The van der Waals surface area contributed by atoms with Crippen molar-refractivity contribution < 1.29 is 0 Å². The van der Waals surface area contributed by atoms with Gasteiger partial charge in [0.15, 0.2) is 0 Å². The minimum Gasteiger partial charge on any atom is -0.384 e. The zero-order valence-electron chi connectivity index (χ0n) is 17.8. The lowest BCUT2D eigenvalue weighted by molar-refractivity contribution is 0.463. The Kier molecular flexibility index (Phi) is 14.4. The first-order valence-corrected chi connectivity index (χ1v) is 9.51. The second-order valence-corrected chi connectivity index (χ2v) is 6.74. The molecule has 0 aliphatic heterocycles. The summed E-state index contributed by atoms with van der Waals surface area (Å²) >= 11 is 0. The van der Waals surface area contributed by atoms with E-state index < -0.39 is 0 Å². The fourth-order valence-corrected chi connectivity index (χ4v) is 2.31. The van der Waals surface area contributed by atoms with E-state index >= 15 is 0 Å². The van der Waals surface area contributed by atoms with Crippen molar-refractivity contribution in [3.8, 4) is 0 Å². The molecule has 0 radical (unpaired) electrons. The van der Waals surface area contributed by atoms with Crippen LogP contribution in [0.2, 0.25) is 0 Å². The first-order chi connectivity index (χ1) is 11.2. The average molecular weight is 335 g/mol. The Bertz CT molecular complexity index is 426. The molecule has 0 aliphatic rings. The van der Waals surface area contributed by atoms with Gasteiger partial charge in [0.1, 0.15) is 0 Å². The molecule has 0 spiro atoms. The Labute approximate surface area is 152 Å². The van der Waals surface area contributed by atoms with Gasteiger partial charge < -0.3 is 10.2 Å². The fourth-order valence-electron chi connectivity index (χ4n) is 2.31. The smallest absolute Gasteiger partial charge is 0.0368 e. The molecule has 1 aromatic carbocycles. The second kappa shape index (κ2) is 13.9. The van der Waals surface area contributed by atoms with Crippen LogP contribution in [-0.4, -0.2) is 18.6 Å². The van der Waals surface area contributed by atoms with Gasteiger partial charge in [-0.2, -0.15) is 0 Å². The van der Waals surface area contributed by atoms with Gasteiger partial charge in [-0.3, -0.25) is 0 Å². The van der Waals surface area contributed by atoms with E-state index in [9.17, 15) is 0 Å². The quantitative estimate of drug-likeness (QED) is 0.634. The molecule has 1 aromatic rings. The van der Waals surface area contributed by atoms with Crippen molar-refractivity contribution in [2.45, 2.75) is 80.7 Å². The summed E-state index contributed by atoms with van der Waals surface area (Å²) in [4.78, 5) is 2.35. The third kappa shape index (κ3) is 13.0. The van der Waals surface area contributed by atoms with Gasteiger partial charge in [-0.1, -0.05) is 45.9 Å². The summed E-state index contributed by atoms with van der Waals surface area (Å²) in [6.07, 6.45) is 2.25. The molecule has 0 heterocycles. The van der Waals surface area contributed by atoms with Crippen LogP contribution >= 0.6 is 0 Å². The molecule has 2 heteroatoms. The molecule has 0 aliphatic carbocycles. The minimum absolute atomic E-state index is 0.173. The molecule has 1 N–H and O–H groups in total. The van der Waals surface area contributed by atoms with E-state index in [2.05, 4.69) is 89.5 Å². The van der Waals surface area contributed by atoms with Crippen molar-refractivity contribution in [1.29, 1.82) is 0 Å². The lowest BCUT2D eigenvalue weighted by Gasteiger charge is -2.23. The minimum atomic E-state index is 0.173. The van der Waals surface area contributed by atoms with Gasteiger partial charge in [-0.15, -0.1) is 0 Å². The number of allylic oxidation sites excluding steroid dienone is 1. The summed E-state index contributed by atoms with van der Waals surface area (Å²) in [5.41, 5.74) is 3.99. The van der Waals surface area contributed by atoms with Gasteiger partial charge >= 0.3 is 0 Å². The molecule has 1 rings (SSSR count). The number of hydrogen-bond acceptors (Lipinski definition) is 2. The molecule has 0 atom stereocenters. The van der Waals surface area contributed by atoms with Crippen molar-refractivity contribution in [1.82, 2.24) is 5.32 Å². The lowest BCUT2D eigenvalue weighted by atomic mass is 10.1. The van der Waals surface area contributed by atoms with Crippen LogP contribution in [0.25, 0.3) is 0 Å². The Morgan fingerprint density at radius 3 is 2.00 bits per heavy atom. The molecule has 0 fully saturated rings. The molecular weight excluding hydrogens is 292 g/mol. The number of nitrogens with zero attached hydrogens (tertiary/aromatic N) is 1. The van der Waals surface area contributed by atoms with Gasteiger partial charge in [0.2, 0.25) is 0 Å². The highest BCUT2D eigenvalue weighted by Crippen LogP contribution is 2.14. The van der Waals surface area contributed by atoms with Crippen LogP contribution in [0.5, 0.6) is 0 Å². The van der Waals surface area contributed by atoms with E-state index in [1.807, 2.05) is 13.8 Å². The Hall–Kier alpha value is -1.44. The van der Waals surface area contributed by atoms with E-state index in [4.69, 9.17) is 0 Å². The predicted molar refractivity (Wildman–Crippen MR) is 113 cm³/mol. The summed E-state index contributed by atoms with van der Waals surface area (Å²) in [7, 11) is 0. The maximum Gasteiger partial charge on any atom is 0.0368 e. The molecule has 24 heavy (non-hydrogen) atoms. The Morgan fingerprint density at radius 1 is 1.08 bits per heavy atom. The van der Waals surface area contributed by atoms with Gasteiger partial charge in [0.05, 0.1) is 0 Å². The van der Waals surface area contributed by atoms with Gasteiger partial charge in [-0.25, -0.2) is 0 Å². The van der Waals surface area contributed by atoms with Gasteiger partial charge in [-0.05, 0) is 65.7 Å². The maximum absolute atomic E-state index is 3.92. The summed E-state index contributed by atoms with van der Waals surface area (Å²) < 4.78 is 0. The van der Waals surface area contributed by atoms with Crippen molar-refractivity contribution in [2.75, 3.05) is 18.0 Å². The van der Waals surface area contributed by atoms with Crippen LogP contribution in [0.1, 0.15) is 73.8 Å². The third-order valence-electron chi connectivity index (χ3n) is 3.23. The van der Waals surface area contributed by atoms with Crippen LogP contribution in [-0.2, 0) is 0 Å². The van der Waals surface area contributed by atoms with Crippen LogP contribution in [0, 0.1) is 6.92 Å². The third-order valence-corrected chi connectivity index (χ3v) is 3.23. The molecule has 0 bridgehead atoms. The van der Waals surface area contributed by atoms with Crippen LogP contribution in [0.4, 0.5) is 5.69 Å². The van der Waals surface area contributed by atoms with Crippen LogP contribution in [0.15, 0.2) is 36.5 Å². The summed E-state index contributed by atoms with van der Waals surface area (Å²) in [5, 5.41) is 3.33. The van der Waals surface area contributed by atoms with Gasteiger partial charge in [0.25, 0.3) is 0 Å². The first-order valence-electron chi connectivity index (χ1n) is 9.51. The monoisotopic (exact) mass is 334 g/mol. The molecule has 0 saturated carbocycles. The van der Waals surface area contributed by atoms with E-state index in [-0.39, 0.29) is 5.54 Å². The second-order valence-electron chi connectivity index (χ2n) is 6.74. The highest BCUT2D eigenvalue weighted by atomic mass is 15.1. The van der Waals surface area contributed by atoms with Crippen molar-refractivity contribution in [2.24, 2.45) is 0 Å². The molecular formula is C22H42N2. The van der Waals surface area contributed by atoms with E-state index in [0.29, 0.717) is 0 Å². The van der Waals surface area contributed by atoms with Crippen molar-refractivity contribution in [3.63, 3.8) is 0 Å². The van der Waals surface area contributed by atoms with E-state index in [1.165, 1.54) is 17.7 Å². The molecule has 0 amide bonds. The molecule has 140 valence electrons. The number of benzene rings is 1. The van der Waals surface area contributed by atoms with Crippen LogP contribution in [0.3, 0.4) is 0 Å². The zero-order chi connectivity index (χ0) is 19.2. The summed E-state index contributed by atoms with van der Waals surface area (Å²) in [6, 6.07) is 8.64. The Balaban J connectivity index is 0. The number of anilines is 1. The zero-order valence-corrected chi connectivity index (χ0v) is 17.8. The highest BCUT2D eigenvalue weighted by molar-refractivity contribution is 5.48. The molecule has 0 saturated heterocycles. The van der Waals surface area contributed by atoms with Gasteiger partial charge in [0, 0.05) is 30.0 Å². The topological polar surface area (TPSA) is 15.3 Å². The summed E-state index contributed by atoms with van der Waals surface area (Å²) in [5.74, 6) is 0. The first kappa shape index (κ1) is 24.8. The normalized spacial score (nSPS) is 9.88. The number of aryl methyl sites for hydroxylation is 1. The van der Waals surface area contributed by atoms with Crippen LogP contribution < -0.4 is 10.2 Å². The molecule has 0 unspecified atom stereocenters. The predicted octanol–water partition coefficient (Wildman–Crippen LogP) is 6.56.